The van der Waals surface area contributed by atoms with Crippen LogP contribution >= 0.6 is 0 Å². The van der Waals surface area contributed by atoms with Crippen molar-refractivity contribution in [3.63, 3.8) is 0 Å². The van der Waals surface area contributed by atoms with Gasteiger partial charge in [0.25, 0.3) is 0 Å². The molecule has 8 heteroatoms. The predicted octanol–water partition coefficient (Wildman–Crippen LogP) is 9.45. The molecule has 0 spiro atoms. The number of amides is 2. The highest BCUT2D eigenvalue weighted by molar-refractivity contribution is 5.78. The first-order valence-electron chi connectivity index (χ1n) is 19.4. The maximum Gasteiger partial charge on any atom is 0.306 e. The number of nitrogens with zero attached hydrogens (tertiary/aromatic N) is 2. The third-order valence-electron chi connectivity index (χ3n) is 10.4. The summed E-state index contributed by atoms with van der Waals surface area (Å²) < 4.78 is 11.9. The largest absolute Gasteiger partial charge is 0.462 e. The Kier molecular flexibility index (Phi) is 16.4. The molecule has 2 fully saturated rings. The van der Waals surface area contributed by atoms with Crippen LogP contribution in [0.4, 0.5) is 0 Å². The molecule has 2 rings (SSSR count). The van der Waals surface area contributed by atoms with Crippen LogP contribution < -0.4 is 0 Å². The molecule has 2 amide bonds. The highest BCUT2D eigenvalue weighted by atomic mass is 16.5. The van der Waals surface area contributed by atoms with E-state index in [1.165, 1.54) is 0 Å². The second-order valence-corrected chi connectivity index (χ2v) is 17.3. The average Bonchev–Trinajstić information content (AvgIpc) is 2.93. The van der Waals surface area contributed by atoms with Gasteiger partial charge in [0.2, 0.25) is 11.8 Å². The van der Waals surface area contributed by atoms with Gasteiger partial charge in [-0.15, -0.1) is 0 Å². The molecular formula is C40H72N2O6. The third-order valence-corrected chi connectivity index (χ3v) is 10.4. The third kappa shape index (κ3) is 13.0. The molecule has 48 heavy (non-hydrogen) atoms. The summed E-state index contributed by atoms with van der Waals surface area (Å²) in [6.45, 7) is 21.0. The molecule has 0 aromatic heterocycles. The van der Waals surface area contributed by atoms with Crippen LogP contribution in [-0.4, -0.2) is 67.9 Å². The standard InChI is InChI=1S/C40H72N2O6/c1-11-13-23-33(43)41-37(3,4)27-31(28-38(41,5)6)47-35(45)25-21-19-17-15-16-18-20-22-26-36(46)48-32-29-39(7,8)42(40(9,10)30-32)34(44)24-14-12-2/h31-32H,11-30H2,1-10H3. The van der Waals surface area contributed by atoms with Crippen LogP contribution in [-0.2, 0) is 28.7 Å². The van der Waals surface area contributed by atoms with Crippen molar-refractivity contribution in [3.8, 4) is 0 Å². The van der Waals surface area contributed by atoms with Crippen LogP contribution in [0, 0.1) is 0 Å². The summed E-state index contributed by atoms with van der Waals surface area (Å²) in [5.74, 6) is 0.157. The lowest BCUT2D eigenvalue weighted by molar-refractivity contribution is -0.170. The summed E-state index contributed by atoms with van der Waals surface area (Å²) in [4.78, 5) is 55.4. The molecule has 0 N–H and O–H groups in total. The Balaban J connectivity index is 1.58. The number of rotatable bonds is 19. The van der Waals surface area contributed by atoms with Crippen LogP contribution in [0.25, 0.3) is 0 Å². The van der Waals surface area contributed by atoms with Crippen LogP contribution in [0.15, 0.2) is 0 Å². The van der Waals surface area contributed by atoms with Gasteiger partial charge in [0.1, 0.15) is 12.2 Å². The van der Waals surface area contributed by atoms with Crippen LogP contribution in [0.2, 0.25) is 0 Å². The summed E-state index contributed by atoms with van der Waals surface area (Å²) in [5.41, 5.74) is -1.39. The highest BCUT2D eigenvalue weighted by Gasteiger charge is 2.49. The monoisotopic (exact) mass is 677 g/mol. The number of unbranched alkanes of at least 4 members (excludes halogenated alkanes) is 9. The van der Waals surface area contributed by atoms with Crippen molar-refractivity contribution < 1.29 is 28.7 Å². The molecule has 278 valence electrons. The van der Waals surface area contributed by atoms with Gasteiger partial charge in [0, 0.05) is 73.5 Å². The number of ether oxygens (including phenoxy) is 2. The molecule has 0 aromatic carbocycles. The number of hydrogen-bond donors (Lipinski definition) is 0. The van der Waals surface area contributed by atoms with Gasteiger partial charge in [-0.1, -0.05) is 65.2 Å². The van der Waals surface area contributed by atoms with Crippen molar-refractivity contribution in [2.45, 2.75) is 232 Å². The van der Waals surface area contributed by atoms with Crippen LogP contribution in [0.3, 0.4) is 0 Å². The molecule has 2 aliphatic rings. The SMILES string of the molecule is CCCCC(=O)N1C(C)(C)CC(OC(=O)CCCCCCCCCCC(=O)OC2CC(C)(C)N(C(=O)CCCC)C(C)(C)C2)CC1(C)C. The normalized spacial score (nSPS) is 20.4. The molecule has 8 nitrogen and oxygen atoms in total. The smallest absolute Gasteiger partial charge is 0.306 e. The van der Waals surface area contributed by atoms with Gasteiger partial charge in [-0.05, 0) is 81.1 Å². The molecule has 2 saturated heterocycles. The maximum absolute atomic E-state index is 13.0. The van der Waals surface area contributed by atoms with E-state index in [1.807, 2.05) is 9.80 Å². The molecule has 2 aliphatic heterocycles. The van der Waals surface area contributed by atoms with Crippen molar-refractivity contribution in [2.24, 2.45) is 0 Å². The fourth-order valence-corrected chi connectivity index (χ4v) is 8.86. The molecular weight excluding hydrogens is 604 g/mol. The Morgan fingerprint density at radius 1 is 0.458 bits per heavy atom. The van der Waals surface area contributed by atoms with E-state index in [1.54, 1.807) is 0 Å². The summed E-state index contributed by atoms with van der Waals surface area (Å²) >= 11 is 0. The van der Waals surface area contributed by atoms with Crippen molar-refractivity contribution in [1.29, 1.82) is 0 Å². The van der Waals surface area contributed by atoms with E-state index in [4.69, 9.17) is 9.47 Å². The first-order chi connectivity index (χ1) is 22.4. The van der Waals surface area contributed by atoms with E-state index < -0.39 is 0 Å². The zero-order valence-corrected chi connectivity index (χ0v) is 32.6. The zero-order valence-electron chi connectivity index (χ0n) is 32.6. The number of likely N-dealkylation sites (tertiary alicyclic amines) is 2. The van der Waals surface area contributed by atoms with Crippen molar-refractivity contribution in [3.05, 3.63) is 0 Å². The lowest BCUT2D eigenvalue weighted by Gasteiger charge is -2.55. The molecule has 0 bridgehead atoms. The Morgan fingerprint density at radius 3 is 1.00 bits per heavy atom. The van der Waals surface area contributed by atoms with E-state index >= 15 is 0 Å². The zero-order chi connectivity index (χ0) is 36.2. The molecule has 0 unspecified atom stereocenters. The quantitative estimate of drug-likeness (QED) is 0.1000. The molecule has 0 saturated carbocycles. The Morgan fingerprint density at radius 2 is 0.729 bits per heavy atom. The minimum absolute atomic E-state index is 0.123. The molecule has 0 atom stereocenters. The number of esters is 2. The van der Waals surface area contributed by atoms with E-state index in [9.17, 15) is 19.2 Å². The Hall–Kier alpha value is -2.12. The molecule has 2 heterocycles. The fraction of sp³-hybridized carbons (Fsp3) is 0.900. The van der Waals surface area contributed by atoms with E-state index in [-0.39, 0.29) is 58.1 Å². The lowest BCUT2D eigenvalue weighted by Crippen LogP contribution is -2.64. The van der Waals surface area contributed by atoms with Crippen molar-refractivity contribution >= 4 is 23.8 Å². The molecule has 0 radical (unpaired) electrons. The minimum Gasteiger partial charge on any atom is -0.462 e. The maximum atomic E-state index is 13.0. The summed E-state index contributed by atoms with van der Waals surface area (Å²) in [6, 6.07) is 0. The Labute approximate surface area is 293 Å². The van der Waals surface area contributed by atoms with Crippen molar-refractivity contribution in [2.75, 3.05) is 0 Å². The van der Waals surface area contributed by atoms with Crippen LogP contribution in [0.5, 0.6) is 0 Å². The highest BCUT2D eigenvalue weighted by Crippen LogP contribution is 2.41. The van der Waals surface area contributed by atoms with Gasteiger partial charge in [-0.3, -0.25) is 19.2 Å². The first kappa shape index (κ1) is 42.0. The first-order valence-corrected chi connectivity index (χ1v) is 19.4. The minimum atomic E-state index is -0.347. The van der Waals surface area contributed by atoms with E-state index in [0.717, 1.165) is 77.0 Å². The van der Waals surface area contributed by atoms with Gasteiger partial charge < -0.3 is 19.3 Å². The topological polar surface area (TPSA) is 93.2 Å². The average molecular weight is 677 g/mol. The summed E-state index contributed by atoms with van der Waals surface area (Å²) in [6.07, 6.45) is 16.4. The summed E-state index contributed by atoms with van der Waals surface area (Å²) in [5, 5.41) is 0. The predicted molar refractivity (Wildman–Crippen MR) is 193 cm³/mol. The second-order valence-electron chi connectivity index (χ2n) is 17.3. The molecule has 0 aromatic rings. The number of carbonyl (C=O) groups excluding carboxylic acids is 4. The van der Waals surface area contributed by atoms with Gasteiger partial charge >= 0.3 is 11.9 Å². The van der Waals surface area contributed by atoms with Crippen LogP contribution in [0.1, 0.15) is 198 Å². The number of piperidine rings is 2. The number of carbonyl (C=O) groups is 4. The van der Waals surface area contributed by atoms with Gasteiger partial charge in [-0.25, -0.2) is 0 Å². The summed E-state index contributed by atoms with van der Waals surface area (Å²) in [7, 11) is 0. The second kappa shape index (κ2) is 18.8. The van der Waals surface area contributed by atoms with Gasteiger partial charge in [0.05, 0.1) is 0 Å². The van der Waals surface area contributed by atoms with Crippen molar-refractivity contribution in [1.82, 2.24) is 9.80 Å². The molecule has 0 aliphatic carbocycles. The number of hydrogen-bond acceptors (Lipinski definition) is 6. The van der Waals surface area contributed by atoms with Gasteiger partial charge in [0.15, 0.2) is 0 Å². The van der Waals surface area contributed by atoms with Gasteiger partial charge in [-0.2, -0.15) is 0 Å². The Bertz CT molecular complexity index is 930. The lowest BCUT2D eigenvalue weighted by atomic mass is 9.77. The fourth-order valence-electron chi connectivity index (χ4n) is 8.86. The van der Waals surface area contributed by atoms with E-state index in [0.29, 0.717) is 51.4 Å². The van der Waals surface area contributed by atoms with E-state index in [2.05, 4.69) is 69.2 Å².